The summed E-state index contributed by atoms with van der Waals surface area (Å²) in [5.41, 5.74) is 2.71. The molecule has 1 saturated carbocycles. The molecule has 1 fully saturated rings. The van der Waals surface area contributed by atoms with E-state index in [9.17, 15) is 0 Å². The molecule has 0 atom stereocenters. The number of hydrogen-bond acceptors (Lipinski definition) is 2. The Balaban J connectivity index is 1.81. The van der Waals surface area contributed by atoms with Crippen LogP contribution in [0.4, 0.5) is 0 Å². The zero-order valence-corrected chi connectivity index (χ0v) is 11.3. The van der Waals surface area contributed by atoms with Gasteiger partial charge < -0.3 is 5.32 Å². The highest BCUT2D eigenvalue weighted by Gasteiger charge is 2.19. The van der Waals surface area contributed by atoms with E-state index in [4.69, 9.17) is 0 Å². The van der Waals surface area contributed by atoms with Gasteiger partial charge in [0.2, 0.25) is 0 Å². The first-order valence-electron chi connectivity index (χ1n) is 5.39. The van der Waals surface area contributed by atoms with Gasteiger partial charge in [-0.25, -0.2) is 0 Å². The molecule has 0 saturated heterocycles. The van der Waals surface area contributed by atoms with Gasteiger partial charge in [0, 0.05) is 21.5 Å². The third-order valence-corrected chi connectivity index (χ3v) is 4.35. The van der Waals surface area contributed by atoms with Crippen molar-refractivity contribution in [2.75, 3.05) is 6.54 Å². The maximum Gasteiger partial charge on any atom is 0.0357 e. The summed E-state index contributed by atoms with van der Waals surface area (Å²) < 4.78 is 1.22. The Labute approximate surface area is 104 Å². The molecule has 0 amide bonds. The van der Waals surface area contributed by atoms with E-state index in [1.54, 1.807) is 11.3 Å². The number of thiophene rings is 1. The van der Waals surface area contributed by atoms with Gasteiger partial charge in [0.15, 0.2) is 0 Å². The lowest BCUT2D eigenvalue weighted by Gasteiger charge is -2.01. The fraction of sp³-hybridized carbons (Fsp3) is 0.500. The molecule has 0 radical (unpaired) electrons. The molecule has 0 aromatic carbocycles. The Bertz CT molecular complexity index is 352. The van der Waals surface area contributed by atoms with Crippen LogP contribution in [0, 0.1) is 0 Å². The Morgan fingerprint density at radius 2 is 2.40 bits per heavy atom. The summed E-state index contributed by atoms with van der Waals surface area (Å²) in [6, 6.07) is 0.826. The molecular formula is C12H16BrNS. The van der Waals surface area contributed by atoms with Crippen LogP contribution in [-0.4, -0.2) is 12.6 Å². The van der Waals surface area contributed by atoms with E-state index in [-0.39, 0.29) is 0 Å². The van der Waals surface area contributed by atoms with Gasteiger partial charge in [0.05, 0.1) is 0 Å². The molecule has 1 nitrogen and oxygen atoms in total. The van der Waals surface area contributed by atoms with E-state index in [0.717, 1.165) is 19.0 Å². The number of allylic oxidation sites excluding steroid dienone is 1. The molecule has 1 aromatic heterocycles. The number of rotatable bonds is 5. The highest BCUT2D eigenvalue weighted by Crippen LogP contribution is 2.28. The van der Waals surface area contributed by atoms with Crippen molar-refractivity contribution in [1.82, 2.24) is 5.32 Å². The van der Waals surface area contributed by atoms with Crippen molar-refractivity contribution >= 4 is 32.8 Å². The van der Waals surface area contributed by atoms with Crippen LogP contribution >= 0.6 is 27.3 Å². The molecule has 0 aliphatic heterocycles. The van der Waals surface area contributed by atoms with Crippen molar-refractivity contribution in [3.05, 3.63) is 26.9 Å². The molecular weight excluding hydrogens is 270 g/mol. The maximum atomic E-state index is 3.56. The van der Waals surface area contributed by atoms with Crippen molar-refractivity contribution in [3.8, 4) is 0 Å². The molecule has 0 bridgehead atoms. The summed E-state index contributed by atoms with van der Waals surface area (Å²) in [5, 5.41) is 7.85. The number of nitrogens with one attached hydrogen (secondary N) is 1. The molecule has 1 aliphatic rings. The average molecular weight is 286 g/mol. The van der Waals surface area contributed by atoms with Gasteiger partial charge in [-0.15, -0.1) is 0 Å². The van der Waals surface area contributed by atoms with Crippen molar-refractivity contribution in [1.29, 1.82) is 0 Å². The number of halogens is 1. The minimum absolute atomic E-state index is 0.826. The minimum atomic E-state index is 0.826. The monoisotopic (exact) mass is 285 g/mol. The van der Waals surface area contributed by atoms with E-state index in [1.165, 1.54) is 28.5 Å². The summed E-state index contributed by atoms with van der Waals surface area (Å²) >= 11 is 5.31. The zero-order valence-electron chi connectivity index (χ0n) is 8.92. The lowest BCUT2D eigenvalue weighted by atomic mass is 10.1. The van der Waals surface area contributed by atoms with Crippen LogP contribution in [0.25, 0.3) is 5.57 Å². The maximum absolute atomic E-state index is 3.56. The molecule has 15 heavy (non-hydrogen) atoms. The summed E-state index contributed by atoms with van der Waals surface area (Å²) in [4.78, 5) is 0. The van der Waals surface area contributed by atoms with E-state index < -0.39 is 0 Å². The van der Waals surface area contributed by atoms with Crippen molar-refractivity contribution in [2.45, 2.75) is 32.2 Å². The Kier molecular flexibility index (Phi) is 4.00. The largest absolute Gasteiger partial charge is 0.314 e. The second kappa shape index (κ2) is 5.28. The van der Waals surface area contributed by atoms with Crippen LogP contribution in [0.5, 0.6) is 0 Å². The predicted molar refractivity (Wildman–Crippen MR) is 71.3 cm³/mol. The van der Waals surface area contributed by atoms with Gasteiger partial charge in [0.1, 0.15) is 0 Å². The summed E-state index contributed by atoms with van der Waals surface area (Å²) in [6.45, 7) is 3.30. The molecule has 0 spiro atoms. The minimum Gasteiger partial charge on any atom is -0.314 e. The smallest absolute Gasteiger partial charge is 0.0357 e. The van der Waals surface area contributed by atoms with Crippen LogP contribution in [0.1, 0.15) is 31.7 Å². The topological polar surface area (TPSA) is 12.0 Å². The second-order valence-electron chi connectivity index (χ2n) is 4.04. The Hall–Kier alpha value is -0.120. The number of hydrogen-bond donors (Lipinski definition) is 1. The van der Waals surface area contributed by atoms with Gasteiger partial charge in [-0.3, -0.25) is 0 Å². The first-order chi connectivity index (χ1) is 7.27. The average Bonchev–Trinajstić information content (AvgIpc) is 2.94. The van der Waals surface area contributed by atoms with Crippen molar-refractivity contribution in [3.63, 3.8) is 0 Å². The van der Waals surface area contributed by atoms with Crippen LogP contribution in [-0.2, 0) is 0 Å². The first kappa shape index (κ1) is 11.4. The van der Waals surface area contributed by atoms with E-state index in [2.05, 4.69) is 45.0 Å². The van der Waals surface area contributed by atoms with E-state index >= 15 is 0 Å². The van der Waals surface area contributed by atoms with Gasteiger partial charge in [-0.1, -0.05) is 6.08 Å². The molecule has 1 heterocycles. The quantitative estimate of drug-likeness (QED) is 0.805. The lowest BCUT2D eigenvalue weighted by Crippen LogP contribution is -2.16. The first-order valence-corrected chi connectivity index (χ1v) is 7.13. The lowest BCUT2D eigenvalue weighted by molar-refractivity contribution is 0.690. The van der Waals surface area contributed by atoms with Crippen molar-refractivity contribution in [2.24, 2.45) is 0 Å². The molecule has 2 rings (SSSR count). The fourth-order valence-corrected chi connectivity index (χ4v) is 3.20. The van der Waals surface area contributed by atoms with Crippen LogP contribution in [0.15, 0.2) is 21.3 Å². The van der Waals surface area contributed by atoms with E-state index in [0.29, 0.717) is 0 Å². The molecule has 1 aromatic rings. The van der Waals surface area contributed by atoms with Crippen LogP contribution < -0.4 is 5.32 Å². The zero-order chi connectivity index (χ0) is 10.7. The molecule has 1 aliphatic carbocycles. The van der Waals surface area contributed by atoms with Gasteiger partial charge in [-0.2, -0.15) is 11.3 Å². The van der Waals surface area contributed by atoms with Crippen LogP contribution in [0.3, 0.4) is 0 Å². The Morgan fingerprint density at radius 3 is 3.00 bits per heavy atom. The Morgan fingerprint density at radius 1 is 1.60 bits per heavy atom. The standard InChI is InChI=1S/C12H16BrNS/c1-9(11-7-15-8-12(11)13)3-2-6-14-10-4-5-10/h3,7-8,10,14H,2,4-6H2,1H3. The molecule has 3 heteroatoms. The fourth-order valence-electron chi connectivity index (χ4n) is 1.54. The van der Waals surface area contributed by atoms with E-state index in [1.807, 2.05) is 0 Å². The van der Waals surface area contributed by atoms with Gasteiger partial charge >= 0.3 is 0 Å². The van der Waals surface area contributed by atoms with Crippen molar-refractivity contribution < 1.29 is 0 Å². The second-order valence-corrected chi connectivity index (χ2v) is 5.64. The summed E-state index contributed by atoms with van der Waals surface area (Å²) in [7, 11) is 0. The molecule has 1 N–H and O–H groups in total. The SMILES string of the molecule is CC(=CCCNC1CC1)c1cscc1Br. The predicted octanol–water partition coefficient (Wildman–Crippen LogP) is 4.06. The van der Waals surface area contributed by atoms with Gasteiger partial charge in [0.25, 0.3) is 0 Å². The highest BCUT2D eigenvalue weighted by atomic mass is 79.9. The molecule has 0 unspecified atom stereocenters. The molecule has 82 valence electrons. The van der Waals surface area contributed by atoms with Gasteiger partial charge in [-0.05, 0) is 59.6 Å². The summed E-state index contributed by atoms with van der Waals surface area (Å²) in [5.74, 6) is 0. The normalized spacial score (nSPS) is 17.1. The highest BCUT2D eigenvalue weighted by molar-refractivity contribution is 9.10. The van der Waals surface area contributed by atoms with Crippen LogP contribution in [0.2, 0.25) is 0 Å². The third kappa shape index (κ3) is 3.44. The third-order valence-electron chi connectivity index (χ3n) is 2.64. The summed E-state index contributed by atoms with van der Waals surface area (Å²) in [6.07, 6.45) is 6.20.